The van der Waals surface area contributed by atoms with Crippen molar-refractivity contribution in [3.05, 3.63) is 42.2 Å². The topological polar surface area (TPSA) is 51.5 Å². The molecule has 0 unspecified atom stereocenters. The van der Waals surface area contributed by atoms with Crippen LogP contribution in [0.5, 0.6) is 0 Å². The van der Waals surface area contributed by atoms with Crippen LogP contribution in [0.3, 0.4) is 0 Å². The summed E-state index contributed by atoms with van der Waals surface area (Å²) in [6.07, 6.45) is -2.28. The molecular weight excluding hydrogens is 311 g/mol. The molecule has 0 aliphatic carbocycles. The lowest BCUT2D eigenvalue weighted by Crippen LogP contribution is -2.09. The lowest BCUT2D eigenvalue weighted by Gasteiger charge is -2.14. The van der Waals surface area contributed by atoms with Gasteiger partial charge in [-0.05, 0) is 36.8 Å². The van der Waals surface area contributed by atoms with E-state index in [1.54, 1.807) is 12.1 Å². The van der Waals surface area contributed by atoms with Crippen LogP contribution >= 0.6 is 0 Å². The maximum Gasteiger partial charge on any atom is 0.416 e. The first kappa shape index (κ1) is 16.9. The number of hydrogen-bond donors (Lipinski definition) is 1. The monoisotopic (exact) mass is 327 g/mol. The van der Waals surface area contributed by atoms with Crippen molar-refractivity contribution < 1.29 is 27.1 Å². The molecule has 1 N–H and O–H groups in total. The van der Waals surface area contributed by atoms with E-state index >= 15 is 0 Å². The maximum atomic E-state index is 12.9. The number of alkyl halides is 3. The van der Waals surface area contributed by atoms with Gasteiger partial charge in [0.2, 0.25) is 0 Å². The van der Waals surface area contributed by atoms with Gasteiger partial charge in [0.1, 0.15) is 5.76 Å². The summed E-state index contributed by atoms with van der Waals surface area (Å²) >= 11 is 0. The number of carbonyl (C=O) groups is 1. The number of methoxy groups -OCH3 is 1. The van der Waals surface area contributed by atoms with Crippen molar-refractivity contribution in [1.82, 2.24) is 0 Å². The first-order valence-corrected chi connectivity index (χ1v) is 6.97. The van der Waals surface area contributed by atoms with Crippen LogP contribution in [0, 0.1) is 0 Å². The van der Waals surface area contributed by atoms with Gasteiger partial charge in [0.25, 0.3) is 0 Å². The predicted octanol–water partition coefficient (Wildman–Crippen LogP) is 4.33. The van der Waals surface area contributed by atoms with Crippen molar-refractivity contribution in [1.29, 1.82) is 0 Å². The van der Waals surface area contributed by atoms with Crippen LogP contribution in [-0.4, -0.2) is 19.6 Å². The van der Waals surface area contributed by atoms with E-state index < -0.39 is 11.7 Å². The minimum absolute atomic E-state index is 0.236. The van der Waals surface area contributed by atoms with Gasteiger partial charge in [-0.1, -0.05) is 0 Å². The van der Waals surface area contributed by atoms with Gasteiger partial charge in [-0.3, -0.25) is 4.79 Å². The Labute approximate surface area is 131 Å². The number of halogens is 3. The van der Waals surface area contributed by atoms with Crippen molar-refractivity contribution in [2.24, 2.45) is 0 Å². The Bertz CT molecular complexity index is 651. The first-order valence-electron chi connectivity index (χ1n) is 6.97. The van der Waals surface area contributed by atoms with Crippen molar-refractivity contribution in [2.75, 3.05) is 19.0 Å². The van der Waals surface area contributed by atoms with Crippen LogP contribution in [0.2, 0.25) is 0 Å². The average molecular weight is 327 g/mol. The SMILES string of the molecule is COC(=O)CCCNc1ccc(C(F)(F)F)cc1-c1ccco1. The number of carbonyl (C=O) groups excluding carboxylic acids is 1. The minimum Gasteiger partial charge on any atom is -0.469 e. The van der Waals surface area contributed by atoms with Gasteiger partial charge in [0, 0.05) is 24.2 Å². The molecule has 0 radical (unpaired) electrons. The number of rotatable bonds is 6. The third-order valence-corrected chi connectivity index (χ3v) is 3.23. The molecule has 7 heteroatoms. The molecule has 0 atom stereocenters. The van der Waals surface area contributed by atoms with Crippen LogP contribution in [0.4, 0.5) is 18.9 Å². The lowest BCUT2D eigenvalue weighted by molar-refractivity contribution is -0.140. The van der Waals surface area contributed by atoms with Gasteiger partial charge < -0.3 is 14.5 Å². The fourth-order valence-electron chi connectivity index (χ4n) is 2.07. The molecule has 1 aromatic heterocycles. The number of furan rings is 1. The summed E-state index contributed by atoms with van der Waals surface area (Å²) in [6.45, 7) is 0.425. The predicted molar refractivity (Wildman–Crippen MR) is 78.9 cm³/mol. The number of anilines is 1. The molecule has 124 valence electrons. The first-order chi connectivity index (χ1) is 10.9. The van der Waals surface area contributed by atoms with Gasteiger partial charge in [-0.25, -0.2) is 0 Å². The Balaban J connectivity index is 2.17. The van der Waals surface area contributed by atoms with Crippen molar-refractivity contribution in [3.63, 3.8) is 0 Å². The molecule has 0 saturated carbocycles. The molecule has 2 rings (SSSR count). The molecule has 0 saturated heterocycles. The second kappa shape index (κ2) is 7.21. The summed E-state index contributed by atoms with van der Waals surface area (Å²) in [6, 6.07) is 6.61. The summed E-state index contributed by atoms with van der Waals surface area (Å²) in [5, 5.41) is 3.02. The van der Waals surface area contributed by atoms with Gasteiger partial charge in [0.15, 0.2) is 0 Å². The third-order valence-electron chi connectivity index (χ3n) is 3.23. The standard InChI is InChI=1S/C16H16F3NO3/c1-22-15(21)5-2-8-20-13-7-6-11(16(17,18)19)10-12(13)14-4-3-9-23-14/h3-4,6-7,9-10,20H,2,5,8H2,1H3. The second-order valence-corrected chi connectivity index (χ2v) is 4.84. The molecule has 1 heterocycles. The zero-order valence-corrected chi connectivity index (χ0v) is 12.4. The molecule has 1 aromatic carbocycles. The van der Waals surface area contributed by atoms with Crippen LogP contribution in [0.25, 0.3) is 11.3 Å². The molecular formula is C16H16F3NO3. The van der Waals surface area contributed by atoms with Crippen LogP contribution in [0.15, 0.2) is 41.0 Å². The van der Waals surface area contributed by atoms with E-state index in [1.807, 2.05) is 0 Å². The number of benzene rings is 1. The van der Waals surface area contributed by atoms with E-state index in [1.165, 1.54) is 19.4 Å². The Morgan fingerprint density at radius 2 is 2.09 bits per heavy atom. The zero-order chi connectivity index (χ0) is 16.9. The molecule has 0 bridgehead atoms. The smallest absolute Gasteiger partial charge is 0.416 e. The molecule has 2 aromatic rings. The maximum absolute atomic E-state index is 12.9. The van der Waals surface area contributed by atoms with E-state index in [-0.39, 0.29) is 12.4 Å². The number of hydrogen-bond acceptors (Lipinski definition) is 4. The zero-order valence-electron chi connectivity index (χ0n) is 12.4. The lowest BCUT2D eigenvalue weighted by atomic mass is 10.1. The van der Waals surface area contributed by atoms with Crippen LogP contribution < -0.4 is 5.32 Å². The van der Waals surface area contributed by atoms with Crippen LogP contribution in [-0.2, 0) is 15.7 Å². The number of nitrogens with one attached hydrogen (secondary N) is 1. The second-order valence-electron chi connectivity index (χ2n) is 4.84. The van der Waals surface area contributed by atoms with E-state index in [0.29, 0.717) is 30.0 Å². The molecule has 0 aliphatic rings. The van der Waals surface area contributed by atoms with Crippen LogP contribution in [0.1, 0.15) is 18.4 Å². The molecule has 4 nitrogen and oxygen atoms in total. The summed E-state index contributed by atoms with van der Waals surface area (Å²) < 4.78 is 48.4. The normalized spacial score (nSPS) is 11.3. The van der Waals surface area contributed by atoms with E-state index in [4.69, 9.17) is 4.42 Å². The van der Waals surface area contributed by atoms with E-state index in [9.17, 15) is 18.0 Å². The Morgan fingerprint density at radius 3 is 2.70 bits per heavy atom. The van der Waals surface area contributed by atoms with Gasteiger partial charge >= 0.3 is 12.1 Å². The quantitative estimate of drug-likeness (QED) is 0.634. The summed E-state index contributed by atoms with van der Waals surface area (Å²) in [4.78, 5) is 11.0. The van der Waals surface area contributed by atoms with Crippen molar-refractivity contribution in [2.45, 2.75) is 19.0 Å². The number of ether oxygens (including phenoxy) is 1. The Morgan fingerprint density at radius 1 is 1.30 bits per heavy atom. The summed E-state index contributed by atoms with van der Waals surface area (Å²) in [7, 11) is 1.31. The molecule has 0 aliphatic heterocycles. The minimum atomic E-state index is -4.43. The highest BCUT2D eigenvalue weighted by molar-refractivity contribution is 5.75. The Kier molecular flexibility index (Phi) is 5.31. The van der Waals surface area contributed by atoms with Gasteiger partial charge in [-0.2, -0.15) is 13.2 Å². The van der Waals surface area contributed by atoms with Crippen molar-refractivity contribution in [3.8, 4) is 11.3 Å². The fraction of sp³-hybridized carbons (Fsp3) is 0.312. The fourth-order valence-corrected chi connectivity index (χ4v) is 2.07. The van der Waals surface area contributed by atoms with E-state index in [2.05, 4.69) is 10.1 Å². The highest BCUT2D eigenvalue weighted by Crippen LogP contribution is 2.36. The van der Waals surface area contributed by atoms with E-state index in [0.717, 1.165) is 12.1 Å². The summed E-state index contributed by atoms with van der Waals surface area (Å²) in [5.41, 5.74) is 0.0877. The molecule has 0 spiro atoms. The third kappa shape index (κ3) is 4.51. The largest absolute Gasteiger partial charge is 0.469 e. The Hall–Kier alpha value is -2.44. The highest BCUT2D eigenvalue weighted by atomic mass is 19.4. The van der Waals surface area contributed by atoms with Gasteiger partial charge in [-0.15, -0.1) is 0 Å². The van der Waals surface area contributed by atoms with Gasteiger partial charge in [0.05, 0.1) is 18.9 Å². The number of esters is 1. The average Bonchev–Trinajstić information content (AvgIpc) is 3.04. The molecule has 23 heavy (non-hydrogen) atoms. The molecule has 0 amide bonds. The highest BCUT2D eigenvalue weighted by Gasteiger charge is 2.31. The summed E-state index contributed by atoms with van der Waals surface area (Å²) in [5.74, 6) is 0.0112. The molecule has 0 fully saturated rings. The van der Waals surface area contributed by atoms with Crippen molar-refractivity contribution >= 4 is 11.7 Å².